The first kappa shape index (κ1) is 24.6. The van der Waals surface area contributed by atoms with Gasteiger partial charge in [0, 0.05) is 37.8 Å². The number of nitrogens with one attached hydrogen (secondary N) is 3. The molecule has 5 rings (SSSR count). The molecule has 3 aliphatic rings. The van der Waals surface area contributed by atoms with Gasteiger partial charge in [-0.1, -0.05) is 24.3 Å². The van der Waals surface area contributed by atoms with Crippen LogP contribution in [0.4, 0.5) is 0 Å². The van der Waals surface area contributed by atoms with Crippen molar-refractivity contribution < 1.29 is 19.2 Å². The lowest BCUT2D eigenvalue weighted by atomic mass is 10.0. The third-order valence-electron chi connectivity index (χ3n) is 6.47. The average Bonchev–Trinajstić information content (AvgIpc) is 3.18. The van der Waals surface area contributed by atoms with E-state index in [1.165, 1.54) is 10.5 Å². The monoisotopic (exact) mass is 495 g/mol. The molecule has 1 atom stereocenters. The molecule has 182 valence electrons. The number of rotatable bonds is 5. The maximum atomic E-state index is 12.8. The number of amides is 4. The van der Waals surface area contributed by atoms with Crippen molar-refractivity contribution in [2.24, 2.45) is 0 Å². The molecular weight excluding hydrogens is 470 g/mol. The number of halogens is 1. The van der Waals surface area contributed by atoms with Crippen molar-refractivity contribution in [3.8, 4) is 0 Å². The van der Waals surface area contributed by atoms with Gasteiger partial charge in [-0.15, -0.1) is 12.4 Å². The van der Waals surface area contributed by atoms with Crippen LogP contribution in [0.25, 0.3) is 5.57 Å². The Bertz CT molecular complexity index is 1210. The molecule has 1 aromatic heterocycles. The third-order valence-corrected chi connectivity index (χ3v) is 6.47. The summed E-state index contributed by atoms with van der Waals surface area (Å²) in [4.78, 5) is 54.8. The zero-order valence-corrected chi connectivity index (χ0v) is 19.8. The summed E-state index contributed by atoms with van der Waals surface area (Å²) in [6.45, 7) is 2.37. The molecule has 1 fully saturated rings. The lowest BCUT2D eigenvalue weighted by Crippen LogP contribution is -2.52. The minimum absolute atomic E-state index is 0. The Morgan fingerprint density at radius 3 is 2.71 bits per heavy atom. The molecule has 1 unspecified atom stereocenters. The molecule has 0 radical (unpaired) electrons. The van der Waals surface area contributed by atoms with E-state index in [-0.39, 0.29) is 36.5 Å². The summed E-state index contributed by atoms with van der Waals surface area (Å²) in [5.74, 6) is -1.23. The lowest BCUT2D eigenvalue weighted by molar-refractivity contribution is -0.136. The van der Waals surface area contributed by atoms with Crippen molar-refractivity contribution in [3.63, 3.8) is 0 Å². The second kappa shape index (κ2) is 10.4. The van der Waals surface area contributed by atoms with E-state index in [0.29, 0.717) is 30.8 Å². The summed E-state index contributed by atoms with van der Waals surface area (Å²) in [5, 5.41) is 8.46. The smallest absolute Gasteiger partial charge is 0.270 e. The maximum Gasteiger partial charge on any atom is 0.270 e. The highest BCUT2D eigenvalue weighted by molar-refractivity contribution is 6.05. The molecule has 1 aromatic carbocycles. The summed E-state index contributed by atoms with van der Waals surface area (Å²) in [7, 11) is 0. The first-order valence-electron chi connectivity index (χ1n) is 11.4. The molecule has 0 saturated carbocycles. The fourth-order valence-electron chi connectivity index (χ4n) is 4.61. The molecule has 10 heteroatoms. The Labute approximate surface area is 208 Å². The normalized spacial score (nSPS) is 19.4. The van der Waals surface area contributed by atoms with E-state index in [0.717, 1.165) is 36.2 Å². The zero-order valence-electron chi connectivity index (χ0n) is 19.0. The Morgan fingerprint density at radius 2 is 2.00 bits per heavy atom. The number of hydrogen-bond donors (Lipinski definition) is 3. The van der Waals surface area contributed by atoms with Crippen molar-refractivity contribution in [1.29, 1.82) is 0 Å². The van der Waals surface area contributed by atoms with E-state index in [1.807, 2.05) is 12.1 Å². The number of aromatic nitrogens is 1. The van der Waals surface area contributed by atoms with Crippen LogP contribution >= 0.6 is 12.4 Å². The van der Waals surface area contributed by atoms with Crippen molar-refractivity contribution in [1.82, 2.24) is 25.8 Å². The van der Waals surface area contributed by atoms with Crippen LogP contribution < -0.4 is 16.0 Å². The van der Waals surface area contributed by atoms with Gasteiger partial charge in [0.15, 0.2) is 0 Å². The highest BCUT2D eigenvalue weighted by atomic mass is 35.5. The van der Waals surface area contributed by atoms with E-state index in [2.05, 4.69) is 27.0 Å². The minimum Gasteiger partial charge on any atom is -0.347 e. The van der Waals surface area contributed by atoms with Gasteiger partial charge in [0.2, 0.25) is 11.8 Å². The Balaban J connectivity index is 0.00000289. The van der Waals surface area contributed by atoms with Crippen LogP contribution in [0.2, 0.25) is 0 Å². The van der Waals surface area contributed by atoms with Crippen molar-refractivity contribution >= 4 is 41.6 Å². The van der Waals surface area contributed by atoms with Crippen LogP contribution in [-0.2, 0) is 22.7 Å². The van der Waals surface area contributed by atoms with Crippen molar-refractivity contribution in [3.05, 3.63) is 70.6 Å². The number of benzene rings is 1. The molecule has 9 nitrogen and oxygen atoms in total. The molecule has 4 amide bonds. The number of nitrogens with zero attached hydrogens (tertiary/aromatic N) is 2. The molecule has 35 heavy (non-hydrogen) atoms. The number of pyridine rings is 1. The van der Waals surface area contributed by atoms with Gasteiger partial charge in [-0.2, -0.15) is 0 Å². The van der Waals surface area contributed by atoms with Gasteiger partial charge >= 0.3 is 0 Å². The van der Waals surface area contributed by atoms with E-state index >= 15 is 0 Å². The second-order valence-electron chi connectivity index (χ2n) is 8.69. The van der Waals surface area contributed by atoms with Crippen LogP contribution in [-0.4, -0.2) is 52.6 Å². The summed E-state index contributed by atoms with van der Waals surface area (Å²) in [5.41, 5.74) is 4.81. The van der Waals surface area contributed by atoms with Crippen LogP contribution in [0.3, 0.4) is 0 Å². The fraction of sp³-hybridized carbons (Fsp3) is 0.320. The van der Waals surface area contributed by atoms with Gasteiger partial charge in [-0.05, 0) is 53.8 Å². The van der Waals surface area contributed by atoms with E-state index in [1.54, 1.807) is 24.4 Å². The first-order chi connectivity index (χ1) is 16.5. The Hall–Kier alpha value is -3.56. The summed E-state index contributed by atoms with van der Waals surface area (Å²) < 4.78 is 0. The molecule has 0 spiro atoms. The topological polar surface area (TPSA) is 120 Å². The number of carbonyl (C=O) groups is 4. The molecule has 0 aliphatic carbocycles. The van der Waals surface area contributed by atoms with E-state index in [4.69, 9.17) is 0 Å². The predicted molar refractivity (Wildman–Crippen MR) is 131 cm³/mol. The SMILES string of the molecule is Cl.O=C1CCC(N2Cc3cc(CNC(=O)c4ccc(C5=CCNCC5)cn4)ccc3C2=O)C(=O)N1. The lowest BCUT2D eigenvalue weighted by Gasteiger charge is -2.29. The number of imide groups is 1. The Kier molecular flexibility index (Phi) is 7.28. The summed E-state index contributed by atoms with van der Waals surface area (Å²) in [6.07, 6.45) is 5.36. The second-order valence-corrected chi connectivity index (χ2v) is 8.69. The van der Waals surface area contributed by atoms with Gasteiger partial charge in [-0.25, -0.2) is 0 Å². The zero-order chi connectivity index (χ0) is 23.7. The number of fused-ring (bicyclic) bond motifs is 1. The molecule has 4 heterocycles. The van der Waals surface area contributed by atoms with Gasteiger partial charge in [0.25, 0.3) is 11.8 Å². The molecule has 3 N–H and O–H groups in total. The number of piperidine rings is 1. The van der Waals surface area contributed by atoms with Gasteiger partial charge < -0.3 is 15.5 Å². The number of hydrogen-bond acceptors (Lipinski definition) is 6. The Morgan fingerprint density at radius 1 is 1.14 bits per heavy atom. The quantitative estimate of drug-likeness (QED) is 0.541. The molecule has 3 aliphatic heterocycles. The van der Waals surface area contributed by atoms with Gasteiger partial charge in [-0.3, -0.25) is 29.5 Å². The molecule has 0 bridgehead atoms. The predicted octanol–water partition coefficient (Wildman–Crippen LogP) is 1.57. The van der Waals surface area contributed by atoms with Crippen LogP contribution in [0.15, 0.2) is 42.6 Å². The highest BCUT2D eigenvalue weighted by Gasteiger charge is 2.39. The highest BCUT2D eigenvalue weighted by Crippen LogP contribution is 2.28. The van der Waals surface area contributed by atoms with Gasteiger partial charge in [0.1, 0.15) is 11.7 Å². The molecule has 2 aromatic rings. The molecule has 1 saturated heterocycles. The van der Waals surface area contributed by atoms with Crippen molar-refractivity contribution in [2.75, 3.05) is 13.1 Å². The van der Waals surface area contributed by atoms with Crippen LogP contribution in [0.5, 0.6) is 0 Å². The fourth-order valence-corrected chi connectivity index (χ4v) is 4.61. The standard InChI is InChI=1S/C25H25N5O4.ClH/c31-22-6-5-21(24(33)29-22)30-14-18-11-15(1-3-19(18)25(30)34)12-28-23(32)20-4-2-17(13-27-20)16-7-9-26-10-8-16;/h1-4,7,11,13,21,26H,5-6,8-10,12,14H2,(H,28,32)(H,29,31,33);1H. The summed E-state index contributed by atoms with van der Waals surface area (Å²) in [6, 6.07) is 8.40. The van der Waals surface area contributed by atoms with E-state index in [9.17, 15) is 19.2 Å². The van der Waals surface area contributed by atoms with Crippen LogP contribution in [0.1, 0.15) is 56.8 Å². The third kappa shape index (κ3) is 5.11. The largest absolute Gasteiger partial charge is 0.347 e. The average molecular weight is 496 g/mol. The van der Waals surface area contributed by atoms with Crippen LogP contribution in [0, 0.1) is 0 Å². The van der Waals surface area contributed by atoms with Gasteiger partial charge in [0.05, 0.1) is 0 Å². The first-order valence-corrected chi connectivity index (χ1v) is 11.4. The van der Waals surface area contributed by atoms with E-state index < -0.39 is 11.9 Å². The maximum absolute atomic E-state index is 12.8. The number of carbonyl (C=O) groups excluding carboxylic acids is 4. The van der Waals surface area contributed by atoms with Crippen molar-refractivity contribution in [2.45, 2.75) is 38.4 Å². The minimum atomic E-state index is -0.643. The summed E-state index contributed by atoms with van der Waals surface area (Å²) >= 11 is 0. The molecular formula is C25H26ClN5O4.